The zero-order valence-corrected chi connectivity index (χ0v) is 15.3. The van der Waals surface area contributed by atoms with Gasteiger partial charge in [0.25, 0.3) is 0 Å². The second kappa shape index (κ2) is 7.98. The Labute approximate surface area is 156 Å². The van der Waals surface area contributed by atoms with Crippen molar-refractivity contribution in [2.45, 2.75) is 13.8 Å². The average Bonchev–Trinajstić information content (AvgIpc) is 2.57. The molecule has 0 spiro atoms. The molecule has 0 aliphatic carbocycles. The van der Waals surface area contributed by atoms with Crippen LogP contribution in [0.2, 0.25) is 0 Å². The first-order valence-corrected chi connectivity index (χ1v) is 7.65. The molecule has 4 aromatic rings. The van der Waals surface area contributed by atoms with Crippen LogP contribution in [0.15, 0.2) is 60.7 Å². The Hall–Kier alpha value is -2.61. The quantitative estimate of drug-likeness (QED) is 0.471. The maximum atomic E-state index is 9.43. The number of para-hydroxylation sites is 2. The van der Waals surface area contributed by atoms with Crippen LogP contribution in [-0.4, -0.2) is 37.5 Å². The van der Waals surface area contributed by atoms with Crippen molar-refractivity contribution in [3.63, 3.8) is 0 Å². The standard InChI is InChI=1S/2C10H9NO.Al/c2*1-7-5-6-8-3-2-4-9(12)10(8)11-7;/h2*2-6,12H,1H3;/q;;+3. The van der Waals surface area contributed by atoms with E-state index < -0.39 is 0 Å². The molecular weight excluding hydrogens is 327 g/mol. The first-order chi connectivity index (χ1) is 11.5. The molecule has 5 heteroatoms. The van der Waals surface area contributed by atoms with Gasteiger partial charge in [-0.05, 0) is 38.1 Å². The molecule has 0 saturated heterocycles. The fourth-order valence-corrected chi connectivity index (χ4v) is 2.46. The van der Waals surface area contributed by atoms with Crippen LogP contribution in [0.25, 0.3) is 21.8 Å². The predicted octanol–water partition coefficient (Wildman–Crippen LogP) is 4.12. The van der Waals surface area contributed by atoms with Crippen molar-refractivity contribution >= 4 is 39.2 Å². The molecule has 2 aromatic carbocycles. The van der Waals surface area contributed by atoms with Gasteiger partial charge in [-0.3, -0.25) is 0 Å². The summed E-state index contributed by atoms with van der Waals surface area (Å²) in [5.41, 5.74) is 3.20. The summed E-state index contributed by atoms with van der Waals surface area (Å²) in [6.45, 7) is 3.82. The Bertz CT molecular complexity index is 936. The van der Waals surface area contributed by atoms with E-state index in [1.54, 1.807) is 12.1 Å². The van der Waals surface area contributed by atoms with E-state index in [0.717, 1.165) is 22.2 Å². The Morgan fingerprint density at radius 2 is 1.00 bits per heavy atom. The number of rotatable bonds is 0. The number of phenols is 2. The van der Waals surface area contributed by atoms with Crippen LogP contribution in [0.4, 0.5) is 0 Å². The van der Waals surface area contributed by atoms with Gasteiger partial charge < -0.3 is 10.2 Å². The summed E-state index contributed by atoms with van der Waals surface area (Å²) in [6.07, 6.45) is 0. The summed E-state index contributed by atoms with van der Waals surface area (Å²) in [4.78, 5) is 8.45. The van der Waals surface area contributed by atoms with Gasteiger partial charge in [-0.1, -0.05) is 36.4 Å². The maximum Gasteiger partial charge on any atom is 3.00 e. The SMILES string of the molecule is Cc1ccc2cccc(O)c2n1.Cc1ccc2cccc(O)c2n1.[Al+3]. The fourth-order valence-electron chi connectivity index (χ4n) is 2.46. The van der Waals surface area contributed by atoms with Crippen LogP contribution in [0.1, 0.15) is 11.4 Å². The third-order valence-corrected chi connectivity index (χ3v) is 3.68. The molecule has 0 saturated carbocycles. The summed E-state index contributed by atoms with van der Waals surface area (Å²) < 4.78 is 0. The number of phenolic OH excluding ortho intramolecular Hbond substituents is 2. The first kappa shape index (κ1) is 18.7. The van der Waals surface area contributed by atoms with E-state index >= 15 is 0 Å². The zero-order chi connectivity index (χ0) is 17.1. The molecule has 0 atom stereocenters. The predicted molar refractivity (Wildman–Crippen MR) is 102 cm³/mol. The van der Waals surface area contributed by atoms with Gasteiger partial charge in [-0.25, -0.2) is 9.97 Å². The van der Waals surface area contributed by atoms with Crippen molar-refractivity contribution in [2.75, 3.05) is 0 Å². The molecule has 0 amide bonds. The molecule has 0 unspecified atom stereocenters. The molecule has 0 aliphatic heterocycles. The molecule has 0 bridgehead atoms. The molecule has 120 valence electrons. The second-order valence-electron chi connectivity index (χ2n) is 5.60. The van der Waals surface area contributed by atoms with Gasteiger partial charge in [0.1, 0.15) is 22.5 Å². The monoisotopic (exact) mass is 345 g/mol. The fraction of sp³-hybridized carbons (Fsp3) is 0.100. The summed E-state index contributed by atoms with van der Waals surface area (Å²) >= 11 is 0. The number of hydrogen-bond acceptors (Lipinski definition) is 4. The molecule has 0 radical (unpaired) electrons. The molecule has 4 rings (SSSR count). The van der Waals surface area contributed by atoms with Gasteiger partial charge in [0.15, 0.2) is 0 Å². The van der Waals surface area contributed by atoms with Crippen molar-refractivity contribution in [1.29, 1.82) is 0 Å². The number of pyridine rings is 2. The summed E-state index contributed by atoms with van der Waals surface area (Å²) in [5.74, 6) is 0.493. The average molecular weight is 345 g/mol. The maximum absolute atomic E-state index is 9.43. The Morgan fingerprint density at radius 3 is 1.40 bits per heavy atom. The van der Waals surface area contributed by atoms with Crippen LogP contribution < -0.4 is 0 Å². The minimum absolute atomic E-state index is 0. The van der Waals surface area contributed by atoms with Gasteiger partial charge in [-0.2, -0.15) is 0 Å². The number of aryl methyl sites for hydroxylation is 2. The number of aromatic hydroxyl groups is 2. The summed E-state index contributed by atoms with van der Waals surface area (Å²) in [6, 6.07) is 18.6. The second-order valence-corrected chi connectivity index (χ2v) is 5.60. The van der Waals surface area contributed by atoms with E-state index in [1.165, 1.54) is 0 Å². The molecule has 2 heterocycles. The number of hydrogen-bond donors (Lipinski definition) is 2. The summed E-state index contributed by atoms with van der Waals surface area (Å²) in [5, 5.41) is 20.8. The molecule has 0 fully saturated rings. The van der Waals surface area contributed by atoms with Crippen molar-refractivity contribution in [3.8, 4) is 11.5 Å². The zero-order valence-electron chi connectivity index (χ0n) is 14.1. The van der Waals surface area contributed by atoms with Gasteiger partial charge in [0.2, 0.25) is 0 Å². The van der Waals surface area contributed by atoms with Gasteiger partial charge in [0, 0.05) is 22.2 Å². The van der Waals surface area contributed by atoms with E-state index in [1.807, 2.05) is 62.4 Å². The van der Waals surface area contributed by atoms with Crippen molar-refractivity contribution in [2.24, 2.45) is 0 Å². The van der Waals surface area contributed by atoms with E-state index in [-0.39, 0.29) is 28.9 Å². The van der Waals surface area contributed by atoms with Gasteiger partial charge >= 0.3 is 17.4 Å². The third kappa shape index (κ3) is 4.27. The Morgan fingerprint density at radius 1 is 0.600 bits per heavy atom. The van der Waals surface area contributed by atoms with Crippen LogP contribution >= 0.6 is 0 Å². The minimum Gasteiger partial charge on any atom is -0.506 e. The van der Waals surface area contributed by atoms with Crippen molar-refractivity contribution in [3.05, 3.63) is 72.1 Å². The molecular formula is C20H18AlN2O2+3. The third-order valence-electron chi connectivity index (χ3n) is 3.68. The van der Waals surface area contributed by atoms with Crippen LogP contribution in [0, 0.1) is 13.8 Å². The molecule has 2 N–H and O–H groups in total. The molecule has 0 aliphatic rings. The normalized spacial score (nSPS) is 10.0. The van der Waals surface area contributed by atoms with E-state index in [9.17, 15) is 10.2 Å². The Kier molecular flexibility index (Phi) is 5.98. The first-order valence-electron chi connectivity index (χ1n) is 7.65. The van der Waals surface area contributed by atoms with Crippen LogP contribution in [0.3, 0.4) is 0 Å². The Balaban J connectivity index is 0.000000173. The molecule has 2 aromatic heterocycles. The van der Waals surface area contributed by atoms with Crippen molar-refractivity contribution in [1.82, 2.24) is 9.97 Å². The molecule has 25 heavy (non-hydrogen) atoms. The minimum atomic E-state index is 0. The molecule has 4 nitrogen and oxygen atoms in total. The largest absolute Gasteiger partial charge is 3.00 e. The van der Waals surface area contributed by atoms with Crippen LogP contribution in [-0.2, 0) is 0 Å². The van der Waals surface area contributed by atoms with E-state index in [0.29, 0.717) is 11.0 Å². The topological polar surface area (TPSA) is 66.2 Å². The summed E-state index contributed by atoms with van der Waals surface area (Å²) in [7, 11) is 0. The van der Waals surface area contributed by atoms with Gasteiger partial charge in [0.05, 0.1) is 0 Å². The van der Waals surface area contributed by atoms with E-state index in [4.69, 9.17) is 0 Å². The smallest absolute Gasteiger partial charge is 0.506 e. The van der Waals surface area contributed by atoms with Crippen LogP contribution in [0.5, 0.6) is 11.5 Å². The van der Waals surface area contributed by atoms with Gasteiger partial charge in [-0.15, -0.1) is 0 Å². The van der Waals surface area contributed by atoms with E-state index in [2.05, 4.69) is 9.97 Å². The number of aromatic nitrogens is 2. The number of fused-ring (bicyclic) bond motifs is 2. The number of benzene rings is 2. The number of nitrogens with zero attached hydrogens (tertiary/aromatic N) is 2. The van der Waals surface area contributed by atoms with Crippen molar-refractivity contribution < 1.29 is 10.2 Å².